The first-order valence-electron chi connectivity index (χ1n) is 8.19. The number of carbonyl (C=O) groups is 1. The molecule has 1 amide bonds. The van der Waals surface area contributed by atoms with E-state index in [1.54, 1.807) is 0 Å². The highest BCUT2D eigenvalue weighted by Crippen LogP contribution is 2.35. The molecule has 1 unspecified atom stereocenters. The molecule has 21 heavy (non-hydrogen) atoms. The monoisotopic (exact) mass is 301 g/mol. The standard InChI is InChI=1S/C15H25F2N3O/c16-15(17)5-3-12(4-6-15)19-8-10-20(11-9-19)14(21)13-2-1-7-18-13/h12-13,18H,1-11H2. The molecule has 1 saturated carbocycles. The lowest BCUT2D eigenvalue weighted by atomic mass is 9.91. The van der Waals surface area contributed by atoms with Crippen molar-refractivity contribution < 1.29 is 13.6 Å². The van der Waals surface area contributed by atoms with Crippen LogP contribution in [0.3, 0.4) is 0 Å². The Kier molecular flexibility index (Phi) is 4.45. The lowest BCUT2D eigenvalue weighted by Gasteiger charge is -2.42. The molecule has 3 fully saturated rings. The molecule has 3 rings (SSSR count). The van der Waals surface area contributed by atoms with E-state index < -0.39 is 5.92 Å². The second-order valence-electron chi connectivity index (χ2n) is 6.60. The number of rotatable bonds is 2. The van der Waals surface area contributed by atoms with Gasteiger partial charge in [-0.25, -0.2) is 8.78 Å². The van der Waals surface area contributed by atoms with E-state index >= 15 is 0 Å². The summed E-state index contributed by atoms with van der Waals surface area (Å²) in [5.41, 5.74) is 0. The first-order valence-corrected chi connectivity index (χ1v) is 8.19. The van der Waals surface area contributed by atoms with Gasteiger partial charge in [-0.1, -0.05) is 0 Å². The van der Waals surface area contributed by atoms with Crippen molar-refractivity contribution in [1.29, 1.82) is 0 Å². The number of nitrogens with zero attached hydrogens (tertiary/aromatic N) is 2. The molecular formula is C15H25F2N3O. The third-order valence-electron chi connectivity index (χ3n) is 5.19. The summed E-state index contributed by atoms with van der Waals surface area (Å²) in [7, 11) is 0. The van der Waals surface area contributed by atoms with Gasteiger partial charge in [0.25, 0.3) is 0 Å². The molecular weight excluding hydrogens is 276 g/mol. The first-order chi connectivity index (χ1) is 10.1. The van der Waals surface area contributed by atoms with Crippen molar-refractivity contribution in [2.75, 3.05) is 32.7 Å². The predicted molar refractivity (Wildman–Crippen MR) is 76.4 cm³/mol. The van der Waals surface area contributed by atoms with Crippen LogP contribution in [0.15, 0.2) is 0 Å². The van der Waals surface area contributed by atoms with E-state index in [0.717, 1.165) is 45.6 Å². The summed E-state index contributed by atoms with van der Waals surface area (Å²) >= 11 is 0. The van der Waals surface area contributed by atoms with Gasteiger partial charge < -0.3 is 10.2 Å². The molecule has 3 aliphatic rings. The molecule has 0 aromatic heterocycles. The number of hydrogen-bond donors (Lipinski definition) is 1. The summed E-state index contributed by atoms with van der Waals surface area (Å²) in [6, 6.07) is 0.288. The van der Waals surface area contributed by atoms with E-state index in [2.05, 4.69) is 10.2 Å². The molecule has 120 valence electrons. The fourth-order valence-corrected chi connectivity index (χ4v) is 3.81. The Balaban J connectivity index is 1.46. The van der Waals surface area contributed by atoms with Gasteiger partial charge in [0.1, 0.15) is 0 Å². The van der Waals surface area contributed by atoms with E-state index in [4.69, 9.17) is 0 Å². The normalized spacial score (nSPS) is 31.5. The minimum absolute atomic E-state index is 0.00456. The summed E-state index contributed by atoms with van der Waals surface area (Å²) in [6.45, 7) is 4.07. The largest absolute Gasteiger partial charge is 0.339 e. The molecule has 2 aliphatic heterocycles. The Hall–Kier alpha value is -0.750. The summed E-state index contributed by atoms with van der Waals surface area (Å²) in [5.74, 6) is -2.23. The maximum Gasteiger partial charge on any atom is 0.248 e. The molecule has 1 aliphatic carbocycles. The molecule has 0 spiro atoms. The van der Waals surface area contributed by atoms with Gasteiger partial charge in [0.2, 0.25) is 11.8 Å². The fourth-order valence-electron chi connectivity index (χ4n) is 3.81. The molecule has 0 radical (unpaired) electrons. The maximum atomic E-state index is 13.2. The predicted octanol–water partition coefficient (Wildman–Crippen LogP) is 1.46. The molecule has 2 saturated heterocycles. The third-order valence-corrected chi connectivity index (χ3v) is 5.19. The summed E-state index contributed by atoms with van der Waals surface area (Å²) in [4.78, 5) is 16.6. The average molecular weight is 301 g/mol. The minimum atomic E-state index is -2.46. The number of halogens is 2. The van der Waals surface area contributed by atoms with Crippen LogP contribution in [0, 0.1) is 0 Å². The van der Waals surface area contributed by atoms with E-state index in [1.165, 1.54) is 0 Å². The highest BCUT2D eigenvalue weighted by Gasteiger charge is 2.38. The van der Waals surface area contributed by atoms with Crippen LogP contribution in [0.4, 0.5) is 8.78 Å². The van der Waals surface area contributed by atoms with Crippen molar-refractivity contribution in [3.8, 4) is 0 Å². The van der Waals surface area contributed by atoms with Gasteiger partial charge in [-0.3, -0.25) is 9.69 Å². The molecule has 0 bridgehead atoms. The SMILES string of the molecule is O=C(C1CCCN1)N1CCN(C2CCC(F)(F)CC2)CC1. The van der Waals surface area contributed by atoms with Crippen molar-refractivity contribution in [1.82, 2.24) is 15.1 Å². The quantitative estimate of drug-likeness (QED) is 0.839. The Morgan fingerprint density at radius 3 is 2.29 bits per heavy atom. The number of alkyl halides is 2. The molecule has 4 nitrogen and oxygen atoms in total. The second kappa shape index (κ2) is 6.16. The molecule has 0 aromatic rings. The van der Waals surface area contributed by atoms with Crippen LogP contribution in [0.1, 0.15) is 38.5 Å². The second-order valence-corrected chi connectivity index (χ2v) is 6.60. The van der Waals surface area contributed by atoms with Gasteiger partial charge in [-0.15, -0.1) is 0 Å². The van der Waals surface area contributed by atoms with Crippen molar-refractivity contribution in [3.05, 3.63) is 0 Å². The zero-order valence-electron chi connectivity index (χ0n) is 12.5. The molecule has 6 heteroatoms. The number of piperazine rings is 1. The van der Waals surface area contributed by atoms with Gasteiger partial charge in [0.05, 0.1) is 6.04 Å². The van der Waals surface area contributed by atoms with E-state index in [-0.39, 0.29) is 30.8 Å². The molecule has 1 N–H and O–H groups in total. The van der Waals surface area contributed by atoms with E-state index in [9.17, 15) is 13.6 Å². The molecule has 2 heterocycles. The smallest absolute Gasteiger partial charge is 0.248 e. The van der Waals surface area contributed by atoms with Crippen molar-refractivity contribution in [3.63, 3.8) is 0 Å². The molecule has 1 atom stereocenters. The number of hydrogen-bond acceptors (Lipinski definition) is 3. The van der Waals surface area contributed by atoms with Crippen LogP contribution >= 0.6 is 0 Å². The highest BCUT2D eigenvalue weighted by molar-refractivity contribution is 5.82. The topological polar surface area (TPSA) is 35.6 Å². The van der Waals surface area contributed by atoms with E-state index in [1.807, 2.05) is 4.90 Å². The summed E-state index contributed by atoms with van der Waals surface area (Å²) < 4.78 is 26.4. The van der Waals surface area contributed by atoms with Crippen LogP contribution in [-0.2, 0) is 4.79 Å². The fraction of sp³-hybridized carbons (Fsp3) is 0.933. The Labute approximate surface area is 124 Å². The zero-order valence-corrected chi connectivity index (χ0v) is 12.5. The van der Waals surface area contributed by atoms with Crippen LogP contribution in [0.25, 0.3) is 0 Å². The summed E-state index contributed by atoms with van der Waals surface area (Å²) in [6.07, 6.45) is 3.23. The van der Waals surface area contributed by atoms with Gasteiger partial charge in [0, 0.05) is 45.1 Å². The zero-order chi connectivity index (χ0) is 14.9. The lowest BCUT2D eigenvalue weighted by molar-refractivity contribution is -0.135. The Morgan fingerprint density at radius 2 is 1.71 bits per heavy atom. The number of nitrogens with one attached hydrogen (secondary N) is 1. The van der Waals surface area contributed by atoms with Gasteiger partial charge in [-0.05, 0) is 32.2 Å². The number of carbonyl (C=O) groups excluding carboxylic acids is 1. The summed E-state index contributed by atoms with van der Waals surface area (Å²) in [5, 5.41) is 3.25. The van der Waals surface area contributed by atoms with Crippen molar-refractivity contribution in [2.24, 2.45) is 0 Å². The van der Waals surface area contributed by atoms with E-state index in [0.29, 0.717) is 12.8 Å². The van der Waals surface area contributed by atoms with Crippen LogP contribution in [0.5, 0.6) is 0 Å². The van der Waals surface area contributed by atoms with Crippen LogP contribution in [0.2, 0.25) is 0 Å². The van der Waals surface area contributed by atoms with Crippen LogP contribution in [-0.4, -0.2) is 66.4 Å². The highest BCUT2D eigenvalue weighted by atomic mass is 19.3. The van der Waals surface area contributed by atoms with Crippen molar-refractivity contribution in [2.45, 2.75) is 56.5 Å². The lowest BCUT2D eigenvalue weighted by Crippen LogP contribution is -2.55. The Morgan fingerprint density at radius 1 is 1.05 bits per heavy atom. The number of amides is 1. The van der Waals surface area contributed by atoms with Gasteiger partial charge >= 0.3 is 0 Å². The minimum Gasteiger partial charge on any atom is -0.339 e. The average Bonchev–Trinajstić information content (AvgIpc) is 3.01. The van der Waals surface area contributed by atoms with Crippen LogP contribution < -0.4 is 5.32 Å². The maximum absolute atomic E-state index is 13.2. The van der Waals surface area contributed by atoms with Gasteiger partial charge in [-0.2, -0.15) is 0 Å². The van der Waals surface area contributed by atoms with Crippen molar-refractivity contribution >= 4 is 5.91 Å². The first kappa shape index (κ1) is 15.2. The molecule has 0 aromatic carbocycles. The third kappa shape index (κ3) is 3.54. The van der Waals surface area contributed by atoms with Gasteiger partial charge in [0.15, 0.2) is 0 Å². The Bertz CT molecular complexity index is 367.